The van der Waals surface area contributed by atoms with Crippen LogP contribution in [0.4, 0.5) is 5.69 Å². The monoisotopic (exact) mass is 459 g/mol. The van der Waals surface area contributed by atoms with E-state index in [4.69, 9.17) is 9.47 Å². The molecule has 2 aromatic carbocycles. The fraction of sp³-hybridized carbons (Fsp3) is 0.357. The lowest BCUT2D eigenvalue weighted by molar-refractivity contribution is -0.133. The maximum atomic E-state index is 13.3. The van der Waals surface area contributed by atoms with Crippen molar-refractivity contribution in [2.24, 2.45) is 0 Å². The van der Waals surface area contributed by atoms with E-state index in [9.17, 15) is 4.79 Å². The Balaban J connectivity index is 1.56. The van der Waals surface area contributed by atoms with E-state index in [0.29, 0.717) is 13.0 Å². The summed E-state index contributed by atoms with van der Waals surface area (Å²) in [4.78, 5) is 22.0. The van der Waals surface area contributed by atoms with Gasteiger partial charge < -0.3 is 19.3 Å². The Kier molecular flexibility index (Phi) is 7.68. The van der Waals surface area contributed by atoms with Gasteiger partial charge in [-0.25, -0.2) is 0 Å². The van der Waals surface area contributed by atoms with Crippen LogP contribution in [0, 0.1) is 0 Å². The van der Waals surface area contributed by atoms with Gasteiger partial charge in [0, 0.05) is 43.3 Å². The van der Waals surface area contributed by atoms with Gasteiger partial charge in [-0.2, -0.15) is 0 Å². The summed E-state index contributed by atoms with van der Waals surface area (Å²) in [6, 6.07) is 22.2. The number of benzene rings is 2. The topological polar surface area (TPSA) is 54.9 Å². The van der Waals surface area contributed by atoms with Crippen molar-refractivity contribution >= 4 is 11.6 Å². The molecule has 34 heavy (non-hydrogen) atoms. The van der Waals surface area contributed by atoms with Crippen molar-refractivity contribution in [1.29, 1.82) is 0 Å². The number of rotatable bonds is 8. The van der Waals surface area contributed by atoms with E-state index in [0.717, 1.165) is 42.4 Å². The van der Waals surface area contributed by atoms with Crippen LogP contribution >= 0.6 is 0 Å². The Hall–Kier alpha value is -3.54. The molecule has 1 saturated heterocycles. The van der Waals surface area contributed by atoms with Crippen LogP contribution in [0.1, 0.15) is 25.1 Å². The number of amides is 1. The molecule has 2 heterocycles. The summed E-state index contributed by atoms with van der Waals surface area (Å²) in [5.74, 6) is 1.59. The minimum atomic E-state index is 0.0519. The molecule has 0 N–H and O–H groups in total. The molecule has 0 spiro atoms. The quantitative estimate of drug-likeness (QED) is 0.500. The molecule has 0 bridgehead atoms. The summed E-state index contributed by atoms with van der Waals surface area (Å²) >= 11 is 0. The molecule has 0 aliphatic carbocycles. The van der Waals surface area contributed by atoms with E-state index in [1.165, 1.54) is 5.56 Å². The van der Waals surface area contributed by atoms with Crippen molar-refractivity contribution < 1.29 is 14.3 Å². The molecule has 1 fully saturated rings. The third-order valence-electron chi connectivity index (χ3n) is 6.05. The largest absolute Gasteiger partial charge is 0.493 e. The number of ether oxygens (including phenoxy) is 2. The van der Waals surface area contributed by atoms with Gasteiger partial charge in [0.25, 0.3) is 0 Å². The summed E-state index contributed by atoms with van der Waals surface area (Å²) in [6.07, 6.45) is 2.91. The van der Waals surface area contributed by atoms with Gasteiger partial charge >= 0.3 is 0 Å². The van der Waals surface area contributed by atoms with Gasteiger partial charge in [-0.15, -0.1) is 0 Å². The highest BCUT2D eigenvalue weighted by molar-refractivity contribution is 5.79. The van der Waals surface area contributed by atoms with Crippen LogP contribution in [0.25, 0.3) is 0 Å². The first-order chi connectivity index (χ1) is 16.5. The van der Waals surface area contributed by atoms with Crippen molar-refractivity contribution in [2.45, 2.75) is 38.8 Å². The Morgan fingerprint density at radius 3 is 2.53 bits per heavy atom. The minimum Gasteiger partial charge on any atom is -0.493 e. The SMILES string of the molecule is COc1ccc(N2CCN(C(=O)Cc3ccccn3)[C@@H](Cc3ccccc3)C2)cc1OC(C)C. The second-order valence-electron chi connectivity index (χ2n) is 8.88. The van der Waals surface area contributed by atoms with Crippen LogP contribution in [0.3, 0.4) is 0 Å². The van der Waals surface area contributed by atoms with E-state index < -0.39 is 0 Å². The zero-order chi connectivity index (χ0) is 23.9. The second-order valence-corrected chi connectivity index (χ2v) is 8.88. The van der Waals surface area contributed by atoms with Crippen LogP contribution in [0.15, 0.2) is 72.9 Å². The number of methoxy groups -OCH3 is 1. The second kappa shape index (κ2) is 11.1. The van der Waals surface area contributed by atoms with E-state index >= 15 is 0 Å². The number of hydrogen-bond donors (Lipinski definition) is 0. The third-order valence-corrected chi connectivity index (χ3v) is 6.05. The number of anilines is 1. The summed E-state index contributed by atoms with van der Waals surface area (Å²) in [7, 11) is 1.66. The average Bonchev–Trinajstić information content (AvgIpc) is 2.85. The van der Waals surface area contributed by atoms with Crippen LogP contribution < -0.4 is 14.4 Å². The molecule has 1 aliphatic rings. The van der Waals surface area contributed by atoms with Gasteiger partial charge in [0.15, 0.2) is 11.5 Å². The van der Waals surface area contributed by atoms with Crippen molar-refractivity contribution in [3.8, 4) is 11.5 Å². The molecule has 3 aromatic rings. The third kappa shape index (κ3) is 5.87. The molecule has 6 nitrogen and oxygen atoms in total. The summed E-state index contributed by atoms with van der Waals surface area (Å²) < 4.78 is 11.5. The van der Waals surface area contributed by atoms with Gasteiger partial charge in [0.2, 0.25) is 5.91 Å². The first kappa shape index (κ1) is 23.6. The fourth-order valence-corrected chi connectivity index (χ4v) is 4.45. The highest BCUT2D eigenvalue weighted by atomic mass is 16.5. The number of carbonyl (C=O) groups excluding carboxylic acids is 1. The fourth-order valence-electron chi connectivity index (χ4n) is 4.45. The number of pyridine rings is 1. The van der Waals surface area contributed by atoms with Crippen molar-refractivity contribution in [3.63, 3.8) is 0 Å². The highest BCUT2D eigenvalue weighted by Gasteiger charge is 2.31. The van der Waals surface area contributed by atoms with Crippen LogP contribution in [-0.2, 0) is 17.6 Å². The molecule has 1 aliphatic heterocycles. The Labute approximate surface area is 202 Å². The molecular weight excluding hydrogens is 426 g/mol. The first-order valence-corrected chi connectivity index (χ1v) is 11.9. The smallest absolute Gasteiger partial charge is 0.228 e. The summed E-state index contributed by atoms with van der Waals surface area (Å²) in [5.41, 5.74) is 3.11. The average molecular weight is 460 g/mol. The molecule has 0 saturated carbocycles. The van der Waals surface area contributed by atoms with Gasteiger partial charge in [-0.05, 0) is 50.1 Å². The Bertz CT molecular complexity index is 1070. The lowest BCUT2D eigenvalue weighted by atomic mass is 10.0. The van der Waals surface area contributed by atoms with E-state index in [1.54, 1.807) is 13.3 Å². The predicted octanol–water partition coefficient (Wildman–Crippen LogP) is 4.38. The number of aromatic nitrogens is 1. The lowest BCUT2D eigenvalue weighted by Gasteiger charge is -2.43. The zero-order valence-electron chi connectivity index (χ0n) is 20.2. The molecule has 1 atom stereocenters. The standard InChI is InChI=1S/C28H33N3O3/c1-21(2)34-27-19-24(12-13-26(27)33-3)30-15-16-31(28(32)18-23-11-7-8-14-29-23)25(20-30)17-22-9-5-4-6-10-22/h4-14,19,21,25H,15-18,20H2,1-3H3/t25-/m0/s1. The molecule has 178 valence electrons. The minimum absolute atomic E-state index is 0.0519. The van der Waals surface area contributed by atoms with Crippen LogP contribution in [0.2, 0.25) is 0 Å². The van der Waals surface area contributed by atoms with Gasteiger partial charge in [-0.1, -0.05) is 36.4 Å². The molecule has 1 amide bonds. The molecule has 6 heteroatoms. The van der Waals surface area contributed by atoms with Crippen LogP contribution in [0.5, 0.6) is 11.5 Å². The van der Waals surface area contributed by atoms with Crippen LogP contribution in [-0.4, -0.2) is 54.7 Å². The number of nitrogens with zero attached hydrogens (tertiary/aromatic N) is 3. The predicted molar refractivity (Wildman–Crippen MR) is 135 cm³/mol. The van der Waals surface area contributed by atoms with Crippen molar-refractivity contribution in [3.05, 3.63) is 84.2 Å². The number of piperazine rings is 1. The lowest BCUT2D eigenvalue weighted by Crippen LogP contribution is -2.56. The van der Waals surface area contributed by atoms with E-state index in [2.05, 4.69) is 40.2 Å². The van der Waals surface area contributed by atoms with Crippen molar-refractivity contribution in [2.75, 3.05) is 31.6 Å². The molecule has 0 radical (unpaired) electrons. The van der Waals surface area contributed by atoms with Gasteiger partial charge in [0.1, 0.15) is 0 Å². The normalized spacial score (nSPS) is 15.9. The van der Waals surface area contributed by atoms with Gasteiger partial charge in [-0.3, -0.25) is 9.78 Å². The molecule has 1 aromatic heterocycles. The van der Waals surface area contributed by atoms with Gasteiger partial charge in [0.05, 0.1) is 25.7 Å². The molecule has 0 unspecified atom stereocenters. The van der Waals surface area contributed by atoms with Crippen molar-refractivity contribution in [1.82, 2.24) is 9.88 Å². The summed E-state index contributed by atoms with van der Waals surface area (Å²) in [5, 5.41) is 0. The number of hydrogen-bond acceptors (Lipinski definition) is 5. The highest BCUT2D eigenvalue weighted by Crippen LogP contribution is 2.33. The maximum Gasteiger partial charge on any atom is 0.228 e. The maximum absolute atomic E-state index is 13.3. The number of carbonyl (C=O) groups is 1. The Morgan fingerprint density at radius 1 is 1.03 bits per heavy atom. The Morgan fingerprint density at radius 2 is 1.82 bits per heavy atom. The zero-order valence-corrected chi connectivity index (χ0v) is 20.2. The summed E-state index contributed by atoms with van der Waals surface area (Å²) in [6.45, 7) is 6.18. The molecule has 4 rings (SSSR count). The van der Waals surface area contributed by atoms with E-state index in [-0.39, 0.29) is 18.1 Å². The first-order valence-electron chi connectivity index (χ1n) is 11.9. The molecular formula is C28H33N3O3. The van der Waals surface area contributed by atoms with E-state index in [1.807, 2.05) is 55.1 Å².